The lowest BCUT2D eigenvalue weighted by molar-refractivity contribution is -0.121. The van der Waals surface area contributed by atoms with Crippen LogP contribution in [0, 0.1) is 0 Å². The van der Waals surface area contributed by atoms with E-state index in [1.165, 1.54) is 91.5 Å². The van der Waals surface area contributed by atoms with Crippen LogP contribution in [0.5, 0.6) is 11.5 Å². The van der Waals surface area contributed by atoms with E-state index in [9.17, 15) is 98.4 Å². The molecule has 0 spiro atoms. The van der Waals surface area contributed by atoms with Gasteiger partial charge in [0.1, 0.15) is 10.7 Å². The summed E-state index contributed by atoms with van der Waals surface area (Å²) in [6.07, 6.45) is -0.632. The van der Waals surface area contributed by atoms with E-state index in [-0.39, 0.29) is 167 Å². The number of carbonyl (C=O) groups excluding carboxylic acids is 6. The second kappa shape index (κ2) is 33.1. The van der Waals surface area contributed by atoms with E-state index in [0.717, 1.165) is 77.4 Å². The molecule has 646 valence electrons. The Balaban J connectivity index is 0.747. The first kappa shape index (κ1) is 86.0. The molecule has 10 aromatic carbocycles. The van der Waals surface area contributed by atoms with Gasteiger partial charge in [-0.2, -0.15) is 72.0 Å². The van der Waals surface area contributed by atoms with Crippen LogP contribution in [0.15, 0.2) is 234 Å². The lowest BCUT2D eigenvalue weighted by atomic mass is 9.80. The normalized spacial score (nSPS) is 12.3. The second-order valence-corrected chi connectivity index (χ2v) is 35.4. The van der Waals surface area contributed by atoms with Crippen LogP contribution in [-0.4, -0.2) is 153 Å². The van der Waals surface area contributed by atoms with Crippen LogP contribution in [0.2, 0.25) is 0 Å². The highest BCUT2D eigenvalue weighted by Gasteiger charge is 2.38. The SMILES string of the molecule is Cn1c(=O)c(C(=O)c2ccccc2)c2c3c(c(Nc4ccc(S(=O)(=O)O)c(Cc5nc(NCCNc6nc(Nc7ccc(S(=O)(=O)O)c(Nc8ccc9c%10c8C(=O)c8ccccc8-c%10c(C(=O)c8cccc(S(=O)(=O)O)c8)c(=O)n9C)c7)nc(Nc7ccc(S(=O)(=O)O)cc7OC=O)n6)nc(Nc6cc(S(=O)(=O)O)ccc6OC=O)n5)c4)ccc31)C(=O)c1ccccc1-2. The fourth-order valence-electron chi connectivity index (χ4n) is 14.9. The highest BCUT2D eigenvalue weighted by atomic mass is 32.2. The van der Waals surface area contributed by atoms with Crippen molar-refractivity contribution in [2.75, 3.05) is 50.3 Å². The van der Waals surface area contributed by atoms with Crippen molar-refractivity contribution >= 4 is 178 Å². The van der Waals surface area contributed by atoms with E-state index in [1.807, 2.05) is 0 Å². The summed E-state index contributed by atoms with van der Waals surface area (Å²) in [6, 6.07) is 42.7. The van der Waals surface area contributed by atoms with Crippen molar-refractivity contribution in [1.29, 1.82) is 0 Å². The molecule has 4 aromatic heterocycles. The number of aryl methyl sites for hydroxylation is 2. The van der Waals surface area contributed by atoms with E-state index in [0.29, 0.717) is 5.56 Å². The van der Waals surface area contributed by atoms with E-state index in [2.05, 4.69) is 67.1 Å². The van der Waals surface area contributed by atoms with Crippen molar-refractivity contribution in [2.24, 2.45) is 14.1 Å². The van der Waals surface area contributed by atoms with Gasteiger partial charge in [0, 0.05) is 95.2 Å². The van der Waals surface area contributed by atoms with Gasteiger partial charge >= 0.3 is 0 Å². The molecule has 45 heteroatoms. The van der Waals surface area contributed by atoms with Crippen LogP contribution in [0.4, 0.5) is 69.6 Å². The minimum atomic E-state index is -5.23. The van der Waals surface area contributed by atoms with Gasteiger partial charge in [0.25, 0.3) is 74.7 Å². The van der Waals surface area contributed by atoms with Gasteiger partial charge in [-0.3, -0.25) is 61.1 Å². The standard InChI is InChI=1S/C83H59N15O25S5/c1-97-58-26-24-54(67-69(58)65(49-15-6-8-17-51(49)75(67)103)71(77(97)105)73(101)41-11-4-3-5-12-41)86-44-19-29-62(127(116,117)118)43(33-44)35-64-91-79(93-82(92-64)90-56-37-47(125(110,111)112)22-28-60(56)122-39-99)84-31-32-85-80-94-81(96-83(95-80)89-53-23-21-48(126(113,114)115)38-61(53)123-40-100)87-45-20-30-63(128(119,120)121)57(36-45)88-55-25-27-59-70-66(50-16-7-9-18-52(50)76(104)68(55)70)72(78(106)98(59)2)74(102)42-13-10-14-46(34-42)124(107,108)109/h3-30,33-34,36-40,86,88H,31-32,35H2,1-2H3,(H,107,108,109)(H,110,111,112)(H,113,114,115)(H,116,117,118)(H,119,120,121)(H2,84,90,91,92,93)(H3,85,87,89,94,95,96). The largest absolute Gasteiger partial charge is 0.427 e. The molecule has 128 heavy (non-hydrogen) atoms. The monoisotopic (exact) mass is 1830 g/mol. The van der Waals surface area contributed by atoms with Gasteiger partial charge in [-0.25, -0.2) is 0 Å². The van der Waals surface area contributed by atoms with Crippen molar-refractivity contribution in [3.05, 3.63) is 277 Å². The van der Waals surface area contributed by atoms with Crippen LogP contribution in [0.3, 0.4) is 0 Å². The molecule has 0 aliphatic heterocycles. The zero-order valence-corrected chi connectivity index (χ0v) is 69.4. The average molecular weight is 1830 g/mol. The summed E-state index contributed by atoms with van der Waals surface area (Å²) in [6.45, 7) is -0.637. The first-order valence-electron chi connectivity index (χ1n) is 37.2. The Morgan fingerprint density at radius 1 is 0.375 bits per heavy atom. The third kappa shape index (κ3) is 16.7. The van der Waals surface area contributed by atoms with Gasteiger partial charge in [0.15, 0.2) is 34.6 Å². The van der Waals surface area contributed by atoms with E-state index in [4.69, 9.17) is 9.47 Å². The zero-order chi connectivity index (χ0) is 91.0. The van der Waals surface area contributed by atoms with Crippen molar-refractivity contribution in [1.82, 2.24) is 39.0 Å². The number of nitrogens with zero attached hydrogens (tertiary/aromatic N) is 8. The van der Waals surface area contributed by atoms with Gasteiger partial charge in [-0.05, 0) is 120 Å². The molecule has 0 saturated heterocycles. The number of pyridine rings is 2. The Kier molecular flexibility index (Phi) is 22.3. The highest BCUT2D eigenvalue weighted by molar-refractivity contribution is 7.87. The van der Waals surface area contributed by atoms with Gasteiger partial charge < -0.3 is 55.8 Å². The van der Waals surface area contributed by atoms with Crippen LogP contribution in [-0.2, 0) is 80.7 Å². The number of hydrogen-bond donors (Lipinski definition) is 12. The van der Waals surface area contributed by atoms with Crippen LogP contribution < -0.4 is 57.8 Å². The second-order valence-electron chi connectivity index (χ2n) is 28.3. The number of benzene rings is 10. The summed E-state index contributed by atoms with van der Waals surface area (Å²) in [5.74, 6) is -6.10. The van der Waals surface area contributed by atoms with Crippen molar-refractivity contribution in [2.45, 2.75) is 30.9 Å². The number of rotatable bonds is 30. The maximum atomic E-state index is 15.0. The fourth-order valence-corrected chi connectivity index (χ4v) is 17.7. The van der Waals surface area contributed by atoms with Gasteiger partial charge in [0.2, 0.25) is 29.7 Å². The smallest absolute Gasteiger partial charge is 0.298 e. The lowest BCUT2D eigenvalue weighted by Gasteiger charge is -2.26. The van der Waals surface area contributed by atoms with Gasteiger partial charge in [0.05, 0.1) is 81.3 Å². The summed E-state index contributed by atoms with van der Waals surface area (Å²) < 4.78 is 192. The predicted octanol–water partition coefficient (Wildman–Crippen LogP) is 9.78. The number of hydrogen-bond acceptors (Lipinski definition) is 33. The molecule has 2 aliphatic carbocycles. The number of ether oxygens (including phenoxy) is 2. The van der Waals surface area contributed by atoms with E-state index in [1.54, 1.807) is 54.6 Å². The molecule has 0 fully saturated rings. The summed E-state index contributed by atoms with van der Waals surface area (Å²) >= 11 is 0. The third-order valence-corrected chi connectivity index (χ3v) is 24.9. The minimum Gasteiger partial charge on any atom is -0.427 e. The summed E-state index contributed by atoms with van der Waals surface area (Å²) in [5.41, 5.74) is -2.96. The molecule has 4 heterocycles. The fraction of sp³-hybridized carbons (Fsp3) is 0.0602. The Morgan fingerprint density at radius 2 is 0.820 bits per heavy atom. The maximum absolute atomic E-state index is 15.0. The zero-order valence-electron chi connectivity index (χ0n) is 65.3. The Labute approximate surface area is 721 Å². The van der Waals surface area contributed by atoms with Crippen molar-refractivity contribution < 1.29 is 103 Å². The predicted molar refractivity (Wildman–Crippen MR) is 460 cm³/mol. The molecule has 0 unspecified atom stereocenters. The molecule has 0 amide bonds. The van der Waals surface area contributed by atoms with Crippen LogP contribution >= 0.6 is 0 Å². The van der Waals surface area contributed by atoms with E-state index >= 15 is 4.79 Å². The molecule has 0 atom stereocenters. The Morgan fingerprint density at radius 3 is 1.38 bits per heavy atom. The topological polar surface area (TPSA) is 598 Å². The molecule has 0 saturated carbocycles. The molecular weight excluding hydrogens is 1770 g/mol. The Hall–Kier alpha value is -15.6. The number of fused-ring (bicyclic) bond motifs is 4. The number of aromatic nitrogens is 8. The van der Waals surface area contributed by atoms with E-state index < -0.39 is 151 Å². The molecule has 40 nitrogen and oxygen atoms in total. The number of nitrogens with one attached hydrogen (secondary N) is 7. The summed E-state index contributed by atoms with van der Waals surface area (Å²) in [4.78, 5) is 135. The highest BCUT2D eigenvalue weighted by Crippen LogP contribution is 2.48. The number of carbonyl (C=O) groups is 6. The molecule has 14 aromatic rings. The molecule has 12 N–H and O–H groups in total. The molecule has 0 bridgehead atoms. The first-order valence-corrected chi connectivity index (χ1v) is 44.4. The number of ketones is 4. The maximum Gasteiger partial charge on any atom is 0.298 e. The average Bonchev–Trinajstić information content (AvgIpc) is 0.709. The van der Waals surface area contributed by atoms with Crippen molar-refractivity contribution in [3.8, 4) is 33.8 Å². The third-order valence-electron chi connectivity index (χ3n) is 20.4. The van der Waals surface area contributed by atoms with Gasteiger partial charge in [-0.15, -0.1) is 0 Å². The first-order chi connectivity index (χ1) is 60.8. The van der Waals surface area contributed by atoms with Gasteiger partial charge in [-0.1, -0.05) is 91.0 Å². The molecular formula is C83H59N15O25S5. The molecule has 2 aliphatic rings. The van der Waals surface area contributed by atoms with Crippen LogP contribution in [0.25, 0.3) is 44.1 Å². The minimum absolute atomic E-state index is 0.00578. The quantitative estimate of drug-likeness (QED) is 0.00862. The summed E-state index contributed by atoms with van der Waals surface area (Å²) in [7, 11) is -22.4. The Bertz CT molecular complexity index is 7980. The lowest BCUT2D eigenvalue weighted by Crippen LogP contribution is -2.29. The number of anilines is 12. The van der Waals surface area contributed by atoms with Crippen LogP contribution in [0.1, 0.15) is 75.1 Å². The molecule has 0 radical (unpaired) electrons. The molecule has 16 rings (SSSR count). The summed E-state index contributed by atoms with van der Waals surface area (Å²) in [5, 5.41) is 20.6. The van der Waals surface area contributed by atoms with Crippen molar-refractivity contribution in [3.63, 3.8) is 0 Å².